The van der Waals surface area contributed by atoms with Crippen LogP contribution in [-0.2, 0) is 27.4 Å². The molecule has 0 aliphatic carbocycles. The van der Waals surface area contributed by atoms with Crippen molar-refractivity contribution in [2.24, 2.45) is 0 Å². The van der Waals surface area contributed by atoms with Gasteiger partial charge in [0, 0.05) is 25.2 Å². The van der Waals surface area contributed by atoms with Gasteiger partial charge in [0.2, 0.25) is 0 Å². The molecule has 5 nitrogen and oxygen atoms in total. The standard InChI is InChI=1S/C11H15NO4/c13-9-15-8-11-10(1-4-16-11)7-12-2-5-14-6-3-12/h1,4,9H,2-3,5-8H2. The van der Waals surface area contributed by atoms with E-state index in [1.54, 1.807) is 6.26 Å². The minimum Gasteiger partial charge on any atom is -0.465 e. The van der Waals surface area contributed by atoms with Crippen molar-refractivity contribution in [2.75, 3.05) is 26.3 Å². The van der Waals surface area contributed by atoms with E-state index in [0.29, 0.717) is 6.47 Å². The van der Waals surface area contributed by atoms with Crippen LogP contribution in [0.3, 0.4) is 0 Å². The molecule has 5 heteroatoms. The van der Waals surface area contributed by atoms with Gasteiger partial charge in [0.25, 0.3) is 6.47 Å². The molecule has 1 aromatic rings. The van der Waals surface area contributed by atoms with E-state index >= 15 is 0 Å². The molecule has 1 aliphatic heterocycles. The highest BCUT2D eigenvalue weighted by Gasteiger charge is 2.14. The second-order valence-electron chi connectivity index (χ2n) is 3.66. The van der Waals surface area contributed by atoms with Crippen LogP contribution in [0.15, 0.2) is 16.7 Å². The maximum atomic E-state index is 10.1. The van der Waals surface area contributed by atoms with E-state index in [2.05, 4.69) is 4.90 Å². The third-order valence-electron chi connectivity index (χ3n) is 2.62. The van der Waals surface area contributed by atoms with Gasteiger partial charge < -0.3 is 13.9 Å². The quantitative estimate of drug-likeness (QED) is 0.693. The van der Waals surface area contributed by atoms with Crippen molar-refractivity contribution in [2.45, 2.75) is 13.2 Å². The monoisotopic (exact) mass is 225 g/mol. The Balaban J connectivity index is 1.91. The van der Waals surface area contributed by atoms with Gasteiger partial charge in [0.05, 0.1) is 19.5 Å². The Morgan fingerprint density at radius 1 is 1.44 bits per heavy atom. The molecule has 0 amide bonds. The van der Waals surface area contributed by atoms with Gasteiger partial charge in [-0.3, -0.25) is 9.69 Å². The summed E-state index contributed by atoms with van der Waals surface area (Å²) in [7, 11) is 0. The number of morpholine rings is 1. The van der Waals surface area contributed by atoms with Crippen LogP contribution in [-0.4, -0.2) is 37.7 Å². The third kappa shape index (κ3) is 2.84. The Labute approximate surface area is 93.9 Å². The molecule has 2 rings (SSSR count). The van der Waals surface area contributed by atoms with Gasteiger partial charge in [0.1, 0.15) is 12.4 Å². The molecular weight excluding hydrogens is 210 g/mol. The fourth-order valence-corrected chi connectivity index (χ4v) is 1.74. The fourth-order valence-electron chi connectivity index (χ4n) is 1.74. The second-order valence-corrected chi connectivity index (χ2v) is 3.66. The highest BCUT2D eigenvalue weighted by molar-refractivity contribution is 5.37. The summed E-state index contributed by atoms with van der Waals surface area (Å²) in [5.41, 5.74) is 1.07. The molecule has 0 N–H and O–H groups in total. The van der Waals surface area contributed by atoms with E-state index in [-0.39, 0.29) is 6.61 Å². The zero-order chi connectivity index (χ0) is 11.2. The summed E-state index contributed by atoms with van der Waals surface area (Å²) >= 11 is 0. The molecule has 0 radical (unpaired) electrons. The number of rotatable bonds is 5. The van der Waals surface area contributed by atoms with Gasteiger partial charge >= 0.3 is 0 Å². The number of hydrogen-bond acceptors (Lipinski definition) is 5. The maximum Gasteiger partial charge on any atom is 0.293 e. The Bertz CT molecular complexity index is 330. The summed E-state index contributed by atoms with van der Waals surface area (Å²) in [6.45, 7) is 4.86. The summed E-state index contributed by atoms with van der Waals surface area (Å²) in [6, 6.07) is 1.92. The van der Waals surface area contributed by atoms with Crippen molar-refractivity contribution in [3.63, 3.8) is 0 Å². The van der Waals surface area contributed by atoms with Crippen molar-refractivity contribution in [3.8, 4) is 0 Å². The fraction of sp³-hybridized carbons (Fsp3) is 0.545. The van der Waals surface area contributed by atoms with Gasteiger partial charge in [0.15, 0.2) is 0 Å². The van der Waals surface area contributed by atoms with Crippen LogP contribution >= 0.6 is 0 Å². The summed E-state index contributed by atoms with van der Waals surface area (Å²) in [5.74, 6) is 0.721. The number of ether oxygens (including phenoxy) is 2. The number of hydrogen-bond donors (Lipinski definition) is 0. The Morgan fingerprint density at radius 3 is 3.00 bits per heavy atom. The Hall–Kier alpha value is -1.33. The molecule has 2 heterocycles. The average molecular weight is 225 g/mol. The van der Waals surface area contributed by atoms with Crippen LogP contribution in [0.4, 0.5) is 0 Å². The molecule has 0 atom stereocenters. The summed E-state index contributed by atoms with van der Waals surface area (Å²) in [5, 5.41) is 0. The van der Waals surface area contributed by atoms with Crippen molar-refractivity contribution in [3.05, 3.63) is 23.7 Å². The first-order chi connectivity index (χ1) is 7.90. The van der Waals surface area contributed by atoms with Crippen LogP contribution < -0.4 is 0 Å². The molecule has 1 aliphatic rings. The van der Waals surface area contributed by atoms with Crippen molar-refractivity contribution >= 4 is 6.47 Å². The minimum absolute atomic E-state index is 0.205. The summed E-state index contributed by atoms with van der Waals surface area (Å²) in [4.78, 5) is 12.4. The van der Waals surface area contributed by atoms with E-state index in [4.69, 9.17) is 13.9 Å². The highest BCUT2D eigenvalue weighted by Crippen LogP contribution is 2.15. The SMILES string of the molecule is O=COCc1occc1CN1CCOCC1. The predicted octanol–water partition coefficient (Wildman–Crippen LogP) is 0.785. The molecule has 0 unspecified atom stereocenters. The molecule has 1 saturated heterocycles. The van der Waals surface area contributed by atoms with Crippen molar-refractivity contribution in [1.29, 1.82) is 0 Å². The van der Waals surface area contributed by atoms with Crippen LogP contribution in [0.25, 0.3) is 0 Å². The first-order valence-electron chi connectivity index (χ1n) is 5.31. The van der Waals surface area contributed by atoms with E-state index in [1.165, 1.54) is 0 Å². The number of carbonyl (C=O) groups is 1. The number of carbonyl (C=O) groups excluding carboxylic acids is 1. The lowest BCUT2D eigenvalue weighted by atomic mass is 10.2. The van der Waals surface area contributed by atoms with Crippen LogP contribution in [0.2, 0.25) is 0 Å². The zero-order valence-electron chi connectivity index (χ0n) is 9.05. The van der Waals surface area contributed by atoms with Gasteiger partial charge in [-0.15, -0.1) is 0 Å². The Kier molecular flexibility index (Phi) is 3.96. The van der Waals surface area contributed by atoms with Crippen LogP contribution in [0.5, 0.6) is 0 Å². The molecule has 1 aromatic heterocycles. The third-order valence-corrected chi connectivity index (χ3v) is 2.62. The molecule has 0 spiro atoms. The van der Waals surface area contributed by atoms with Crippen molar-refractivity contribution < 1.29 is 18.7 Å². The lowest BCUT2D eigenvalue weighted by Crippen LogP contribution is -2.35. The van der Waals surface area contributed by atoms with E-state index in [0.717, 1.165) is 44.2 Å². The molecular formula is C11H15NO4. The van der Waals surface area contributed by atoms with E-state index in [1.807, 2.05) is 6.07 Å². The summed E-state index contributed by atoms with van der Waals surface area (Å²) in [6.07, 6.45) is 1.62. The van der Waals surface area contributed by atoms with Gasteiger partial charge in [-0.1, -0.05) is 0 Å². The Morgan fingerprint density at radius 2 is 2.25 bits per heavy atom. The lowest BCUT2D eigenvalue weighted by molar-refractivity contribution is -0.130. The van der Waals surface area contributed by atoms with Crippen LogP contribution in [0, 0.1) is 0 Å². The zero-order valence-corrected chi connectivity index (χ0v) is 9.05. The van der Waals surface area contributed by atoms with Gasteiger partial charge in [-0.05, 0) is 6.07 Å². The molecule has 0 saturated carbocycles. The largest absolute Gasteiger partial charge is 0.465 e. The topological polar surface area (TPSA) is 51.9 Å². The molecule has 1 fully saturated rings. The van der Waals surface area contributed by atoms with Gasteiger partial charge in [-0.2, -0.15) is 0 Å². The van der Waals surface area contributed by atoms with Crippen LogP contribution in [0.1, 0.15) is 11.3 Å². The molecule has 0 aromatic carbocycles. The van der Waals surface area contributed by atoms with Gasteiger partial charge in [-0.25, -0.2) is 0 Å². The molecule has 0 bridgehead atoms. The average Bonchev–Trinajstić information content (AvgIpc) is 2.75. The number of nitrogens with zero attached hydrogens (tertiary/aromatic N) is 1. The molecule has 88 valence electrons. The van der Waals surface area contributed by atoms with E-state index in [9.17, 15) is 4.79 Å². The summed E-state index contributed by atoms with van der Waals surface area (Å²) < 4.78 is 15.2. The maximum absolute atomic E-state index is 10.1. The first-order valence-corrected chi connectivity index (χ1v) is 5.31. The first kappa shape index (κ1) is 11.2. The molecule has 16 heavy (non-hydrogen) atoms. The smallest absolute Gasteiger partial charge is 0.293 e. The van der Waals surface area contributed by atoms with Crippen molar-refractivity contribution in [1.82, 2.24) is 4.90 Å². The minimum atomic E-state index is 0.205. The lowest BCUT2D eigenvalue weighted by Gasteiger charge is -2.26. The predicted molar refractivity (Wildman–Crippen MR) is 55.7 cm³/mol. The second kappa shape index (κ2) is 5.67. The van der Waals surface area contributed by atoms with E-state index < -0.39 is 0 Å². The number of furan rings is 1. The highest BCUT2D eigenvalue weighted by atomic mass is 16.5. The normalized spacial score (nSPS) is 17.2.